The maximum absolute atomic E-state index is 5.85. The summed E-state index contributed by atoms with van der Waals surface area (Å²) in [6, 6.07) is 0.890. The van der Waals surface area contributed by atoms with E-state index in [4.69, 9.17) is 13.3 Å². The molecule has 0 aliphatic rings. The molecule has 0 rings (SSSR count). The number of rotatable bonds is 13. The zero-order valence-electron chi connectivity index (χ0n) is 14.9. The number of unbranched alkanes of at least 4 members (excludes halogenated alkanes) is 1. The molecule has 0 spiro atoms. The fraction of sp³-hybridized carbons (Fsp3) is 0.938. The van der Waals surface area contributed by atoms with Crippen LogP contribution in [0.25, 0.3) is 0 Å². The smallest absolute Gasteiger partial charge is 0.374 e. The first-order valence-electron chi connectivity index (χ1n) is 8.41. The minimum Gasteiger partial charge on any atom is -0.374 e. The summed E-state index contributed by atoms with van der Waals surface area (Å²) in [4.78, 5) is 4.63. The fourth-order valence-corrected chi connectivity index (χ4v) is 5.07. The Morgan fingerprint density at radius 2 is 1.48 bits per heavy atom. The monoisotopic (exact) mass is 317 g/mol. The van der Waals surface area contributed by atoms with Crippen LogP contribution >= 0.6 is 0 Å². The minimum atomic E-state index is -2.45. The third-order valence-electron chi connectivity index (χ3n) is 3.07. The summed E-state index contributed by atoms with van der Waals surface area (Å²) in [6.45, 7) is 15.4. The van der Waals surface area contributed by atoms with Crippen LogP contribution in [-0.2, 0) is 13.3 Å². The van der Waals surface area contributed by atoms with Crippen LogP contribution in [0.4, 0.5) is 0 Å². The first kappa shape index (κ1) is 20.8. The average molecular weight is 318 g/mol. The van der Waals surface area contributed by atoms with Gasteiger partial charge in [0.25, 0.3) is 0 Å². The Kier molecular flexibility index (Phi) is 12.2. The Morgan fingerprint density at radius 1 is 0.952 bits per heavy atom. The van der Waals surface area contributed by atoms with Gasteiger partial charge in [-0.25, -0.2) is 0 Å². The van der Waals surface area contributed by atoms with Gasteiger partial charge in [0.15, 0.2) is 0 Å². The molecule has 21 heavy (non-hydrogen) atoms. The zero-order valence-corrected chi connectivity index (χ0v) is 15.9. The number of aliphatic imine (C=N–C) groups is 1. The largest absolute Gasteiger partial charge is 0.500 e. The van der Waals surface area contributed by atoms with E-state index in [0.29, 0.717) is 25.7 Å². The van der Waals surface area contributed by atoms with Gasteiger partial charge in [-0.2, -0.15) is 0 Å². The van der Waals surface area contributed by atoms with Crippen molar-refractivity contribution in [2.45, 2.75) is 66.8 Å². The van der Waals surface area contributed by atoms with Gasteiger partial charge in [-0.05, 0) is 52.9 Å². The molecule has 0 aliphatic heterocycles. The number of hydrogen-bond acceptors (Lipinski definition) is 4. The van der Waals surface area contributed by atoms with Crippen molar-refractivity contribution < 1.29 is 13.3 Å². The highest BCUT2D eigenvalue weighted by Crippen LogP contribution is 2.19. The van der Waals surface area contributed by atoms with E-state index in [-0.39, 0.29) is 0 Å². The molecule has 0 saturated heterocycles. The summed E-state index contributed by atoms with van der Waals surface area (Å²) in [5.74, 6) is 0.683. The van der Waals surface area contributed by atoms with Gasteiger partial charge in [-0.3, -0.25) is 4.99 Å². The molecule has 0 unspecified atom stereocenters. The Hall–Kier alpha value is -0.233. The number of nitrogens with zero attached hydrogens (tertiary/aromatic N) is 1. The van der Waals surface area contributed by atoms with Gasteiger partial charge in [0.2, 0.25) is 0 Å². The molecule has 4 nitrogen and oxygen atoms in total. The van der Waals surface area contributed by atoms with Crippen molar-refractivity contribution in [2.75, 3.05) is 26.4 Å². The van der Waals surface area contributed by atoms with Crippen LogP contribution in [0.2, 0.25) is 6.04 Å². The van der Waals surface area contributed by atoms with Gasteiger partial charge in [-0.15, -0.1) is 0 Å². The second-order valence-corrected chi connectivity index (χ2v) is 8.39. The van der Waals surface area contributed by atoms with E-state index in [1.165, 1.54) is 5.71 Å². The lowest BCUT2D eigenvalue weighted by Gasteiger charge is -2.28. The Bertz CT molecular complexity index is 266. The highest BCUT2D eigenvalue weighted by molar-refractivity contribution is 6.60. The van der Waals surface area contributed by atoms with E-state index in [9.17, 15) is 0 Å². The first-order chi connectivity index (χ1) is 9.99. The lowest BCUT2D eigenvalue weighted by molar-refractivity contribution is 0.0707. The van der Waals surface area contributed by atoms with Gasteiger partial charge in [0, 0.05) is 38.1 Å². The Balaban J connectivity index is 4.18. The molecular weight excluding hydrogens is 282 g/mol. The van der Waals surface area contributed by atoms with Crippen LogP contribution in [-0.4, -0.2) is 40.9 Å². The van der Waals surface area contributed by atoms with Gasteiger partial charge in [0.05, 0.1) is 0 Å². The molecule has 0 aromatic carbocycles. The van der Waals surface area contributed by atoms with Crippen LogP contribution in [0.3, 0.4) is 0 Å². The van der Waals surface area contributed by atoms with E-state index in [1.54, 1.807) is 0 Å². The lowest BCUT2D eigenvalue weighted by Crippen LogP contribution is -2.45. The number of hydrogen-bond donors (Lipinski definition) is 0. The van der Waals surface area contributed by atoms with Crippen LogP contribution < -0.4 is 0 Å². The topological polar surface area (TPSA) is 40.0 Å². The third kappa shape index (κ3) is 10.2. The molecule has 0 amide bonds. The highest BCUT2D eigenvalue weighted by atomic mass is 28.4. The predicted octanol–water partition coefficient (Wildman–Crippen LogP) is 4.32. The maximum Gasteiger partial charge on any atom is 0.500 e. The van der Waals surface area contributed by atoms with E-state index >= 15 is 0 Å². The second kappa shape index (κ2) is 12.3. The molecule has 0 aromatic heterocycles. The fourth-order valence-electron chi connectivity index (χ4n) is 2.38. The lowest BCUT2D eigenvalue weighted by atomic mass is 10.1. The van der Waals surface area contributed by atoms with Gasteiger partial charge in [-0.1, -0.05) is 13.8 Å². The minimum absolute atomic E-state index is 0.651. The molecule has 0 atom stereocenters. The molecule has 5 heteroatoms. The van der Waals surface area contributed by atoms with Crippen molar-refractivity contribution in [1.82, 2.24) is 0 Å². The van der Waals surface area contributed by atoms with E-state index in [1.807, 2.05) is 20.8 Å². The summed E-state index contributed by atoms with van der Waals surface area (Å²) in [5, 5.41) is 0. The molecule has 126 valence electrons. The summed E-state index contributed by atoms with van der Waals surface area (Å²) in [7, 11) is -2.45. The quantitative estimate of drug-likeness (QED) is 0.288. The molecular formula is C16H35NO3Si. The third-order valence-corrected chi connectivity index (χ3v) is 6.22. The summed E-state index contributed by atoms with van der Waals surface area (Å²) in [5.41, 5.74) is 1.26. The first-order valence-corrected chi connectivity index (χ1v) is 10.3. The second-order valence-electron chi connectivity index (χ2n) is 5.65. The van der Waals surface area contributed by atoms with E-state index < -0.39 is 8.80 Å². The van der Waals surface area contributed by atoms with Crippen molar-refractivity contribution in [3.63, 3.8) is 0 Å². The van der Waals surface area contributed by atoms with Crippen molar-refractivity contribution >= 4 is 14.5 Å². The Labute approximate surface area is 132 Å². The molecule has 0 bridgehead atoms. The highest BCUT2D eigenvalue weighted by Gasteiger charge is 2.39. The summed E-state index contributed by atoms with van der Waals surface area (Å²) < 4.78 is 17.5. The molecule has 0 fully saturated rings. The average Bonchev–Trinajstić information content (AvgIpc) is 2.38. The maximum atomic E-state index is 5.85. The molecule has 0 aliphatic carbocycles. The van der Waals surface area contributed by atoms with Gasteiger partial charge >= 0.3 is 8.80 Å². The normalized spacial score (nSPS) is 13.2. The van der Waals surface area contributed by atoms with Gasteiger partial charge < -0.3 is 13.3 Å². The van der Waals surface area contributed by atoms with Crippen LogP contribution in [0, 0.1) is 5.92 Å². The predicted molar refractivity (Wildman–Crippen MR) is 92.1 cm³/mol. The SMILES string of the molecule is CCO[Si](CCCCN=C(C)CC(C)C)(OCC)OCC. The zero-order chi connectivity index (χ0) is 16.1. The van der Waals surface area contributed by atoms with E-state index in [2.05, 4.69) is 25.8 Å². The molecule has 0 aromatic rings. The van der Waals surface area contributed by atoms with E-state index in [0.717, 1.165) is 31.9 Å². The van der Waals surface area contributed by atoms with Crippen LogP contribution in [0.5, 0.6) is 0 Å². The molecule has 0 N–H and O–H groups in total. The molecule has 0 radical (unpaired) electrons. The Morgan fingerprint density at radius 3 is 1.90 bits per heavy atom. The standard InChI is InChI=1S/C16H35NO3Si/c1-7-18-21(19-8-2,20-9-3)13-11-10-12-17-16(6)14-15(4)5/h15H,7-14H2,1-6H3. The van der Waals surface area contributed by atoms with Crippen molar-refractivity contribution in [3.05, 3.63) is 0 Å². The van der Waals surface area contributed by atoms with Crippen molar-refractivity contribution in [3.8, 4) is 0 Å². The summed E-state index contributed by atoms with van der Waals surface area (Å²) in [6.07, 6.45) is 3.21. The van der Waals surface area contributed by atoms with Crippen LogP contribution in [0.15, 0.2) is 4.99 Å². The van der Waals surface area contributed by atoms with Crippen LogP contribution in [0.1, 0.15) is 60.8 Å². The van der Waals surface area contributed by atoms with Gasteiger partial charge in [0.1, 0.15) is 0 Å². The molecule has 0 heterocycles. The van der Waals surface area contributed by atoms with Crippen molar-refractivity contribution in [2.24, 2.45) is 10.9 Å². The van der Waals surface area contributed by atoms with Crippen molar-refractivity contribution in [1.29, 1.82) is 0 Å². The molecule has 0 saturated carbocycles. The summed E-state index contributed by atoms with van der Waals surface area (Å²) >= 11 is 0.